The molecule has 1 N–H and O–H groups in total. The predicted octanol–water partition coefficient (Wildman–Crippen LogP) is 2.39. The van der Waals surface area contributed by atoms with Crippen LogP contribution in [0.1, 0.15) is 53.3 Å². The van der Waals surface area contributed by atoms with Crippen molar-refractivity contribution in [3.05, 3.63) is 43.7 Å². The summed E-state index contributed by atoms with van der Waals surface area (Å²) in [7, 11) is -7.54. The Morgan fingerprint density at radius 2 is 1.60 bits per heavy atom. The van der Waals surface area contributed by atoms with Gasteiger partial charge in [0.15, 0.2) is 28.5 Å². The van der Waals surface area contributed by atoms with E-state index in [1.54, 1.807) is 0 Å². The molecule has 1 saturated heterocycles. The lowest BCUT2D eigenvalue weighted by Crippen LogP contribution is -2.60. The molecule has 1 fully saturated rings. The Morgan fingerprint density at radius 1 is 1.04 bits per heavy atom. The van der Waals surface area contributed by atoms with Gasteiger partial charge in [0.25, 0.3) is 15.7 Å². The number of aryl methyl sites for hydroxylation is 1. The van der Waals surface area contributed by atoms with Crippen LogP contribution in [0.5, 0.6) is 0 Å². The standard InChI is InChI=1S/C28H47N3O11SSi2/c1-17-14-31(25(35)30(8)22(17)33)23-20(41-45(12,13)27(5,6)7)28(19(40-23)15-39-44(10,11)26(2,3)4)18(16-43(36,37)42-28)29-21(32)24(34)38-9/h14,16,19-20,23H,15H2,1-13H3,(H,29,32)/t19-,20+,23-,28+/m1/s1. The summed E-state index contributed by atoms with van der Waals surface area (Å²) in [5.74, 6) is -2.52. The lowest BCUT2D eigenvalue weighted by molar-refractivity contribution is -0.152. The van der Waals surface area contributed by atoms with Gasteiger partial charge in [-0.3, -0.25) is 18.7 Å². The van der Waals surface area contributed by atoms with Gasteiger partial charge in [0, 0.05) is 18.8 Å². The number of methoxy groups -OCH3 is 1. The second-order valence-corrected chi connectivity index (χ2v) is 25.6. The van der Waals surface area contributed by atoms with E-state index in [1.165, 1.54) is 20.2 Å². The SMILES string of the molecule is COC(=O)C(=O)NC1=CS(=O)(=O)O[C@]12[C@@H](CO[Si](C)(C)C(C)(C)C)O[C@@H](n1cc(C)c(=O)n(C)c1=O)[C@@H]2O[Si](C)(C)C(C)(C)C. The van der Waals surface area contributed by atoms with E-state index >= 15 is 0 Å². The maximum Gasteiger partial charge on any atom is 0.396 e. The molecule has 0 aliphatic carbocycles. The number of carbonyl (C=O) groups is 2. The van der Waals surface area contributed by atoms with Crippen molar-refractivity contribution >= 4 is 38.6 Å². The van der Waals surface area contributed by atoms with Gasteiger partial charge in [-0.2, -0.15) is 8.42 Å². The van der Waals surface area contributed by atoms with E-state index in [0.29, 0.717) is 5.41 Å². The molecule has 0 aromatic carbocycles. The molecule has 14 nitrogen and oxygen atoms in total. The predicted molar refractivity (Wildman–Crippen MR) is 171 cm³/mol. The molecule has 0 unspecified atom stereocenters. The first-order chi connectivity index (χ1) is 20.2. The number of nitrogens with one attached hydrogen (secondary N) is 1. The van der Waals surface area contributed by atoms with Crippen LogP contribution in [0, 0.1) is 6.92 Å². The molecule has 2 aliphatic rings. The summed E-state index contributed by atoms with van der Waals surface area (Å²) >= 11 is 0. The summed E-state index contributed by atoms with van der Waals surface area (Å²) in [6.07, 6.45) is -2.70. The normalized spacial score (nSPS) is 25.4. The highest BCUT2D eigenvalue weighted by Crippen LogP contribution is 2.52. The first-order valence-electron chi connectivity index (χ1n) is 14.6. The Bertz CT molecular complexity index is 1620. The molecule has 0 radical (unpaired) electrons. The van der Waals surface area contributed by atoms with Crippen LogP contribution in [-0.2, 0) is 49.3 Å². The molecule has 1 spiro atoms. The van der Waals surface area contributed by atoms with Crippen LogP contribution in [0.3, 0.4) is 0 Å². The summed E-state index contributed by atoms with van der Waals surface area (Å²) in [5, 5.41) is 2.39. The quantitative estimate of drug-likeness (QED) is 0.193. The number of hydrogen-bond donors (Lipinski definition) is 1. The van der Waals surface area contributed by atoms with Crippen molar-refractivity contribution in [3.63, 3.8) is 0 Å². The van der Waals surface area contributed by atoms with Gasteiger partial charge in [-0.1, -0.05) is 41.5 Å². The van der Waals surface area contributed by atoms with Gasteiger partial charge in [-0.25, -0.2) is 13.8 Å². The zero-order valence-electron chi connectivity index (χ0n) is 28.4. The van der Waals surface area contributed by atoms with Gasteiger partial charge in [-0.15, -0.1) is 0 Å². The zero-order valence-corrected chi connectivity index (χ0v) is 31.2. The van der Waals surface area contributed by atoms with E-state index in [-0.39, 0.29) is 22.9 Å². The average molecular weight is 690 g/mol. The van der Waals surface area contributed by atoms with Crippen molar-refractivity contribution in [1.82, 2.24) is 14.5 Å². The maximum atomic E-state index is 13.6. The summed E-state index contributed by atoms with van der Waals surface area (Å²) in [6.45, 7) is 21.2. The van der Waals surface area contributed by atoms with E-state index in [2.05, 4.69) is 10.1 Å². The number of aromatic nitrogens is 2. The number of rotatable bonds is 7. The minimum Gasteiger partial charge on any atom is -0.462 e. The van der Waals surface area contributed by atoms with Crippen molar-refractivity contribution in [2.24, 2.45) is 7.05 Å². The molecule has 1 aromatic heterocycles. The van der Waals surface area contributed by atoms with E-state index in [1.807, 2.05) is 67.7 Å². The third-order valence-corrected chi connectivity index (χ3v) is 19.4. The van der Waals surface area contributed by atoms with Crippen molar-refractivity contribution in [2.75, 3.05) is 13.7 Å². The zero-order chi connectivity index (χ0) is 34.7. The molecule has 1 aromatic rings. The number of carbonyl (C=O) groups excluding carboxylic acids is 2. The van der Waals surface area contributed by atoms with Gasteiger partial charge >= 0.3 is 17.6 Å². The molecule has 45 heavy (non-hydrogen) atoms. The van der Waals surface area contributed by atoms with Crippen LogP contribution in [-0.4, -0.2) is 77.6 Å². The molecule has 3 rings (SSSR count). The number of ether oxygens (including phenoxy) is 2. The van der Waals surface area contributed by atoms with Gasteiger partial charge in [0.2, 0.25) is 0 Å². The van der Waals surface area contributed by atoms with E-state index in [9.17, 15) is 27.6 Å². The Hall–Kier alpha value is -2.42. The number of nitrogens with zero attached hydrogens (tertiary/aromatic N) is 2. The van der Waals surface area contributed by atoms with Crippen molar-refractivity contribution in [3.8, 4) is 0 Å². The van der Waals surface area contributed by atoms with Gasteiger partial charge in [0.1, 0.15) is 12.2 Å². The molecule has 17 heteroatoms. The minimum absolute atomic E-state index is 0.217. The third-order valence-electron chi connectivity index (χ3n) is 9.41. The second kappa shape index (κ2) is 12.0. The fourth-order valence-corrected chi connectivity index (χ4v) is 8.13. The van der Waals surface area contributed by atoms with Crippen molar-refractivity contribution in [2.45, 2.75) is 109 Å². The summed E-state index contributed by atoms with van der Waals surface area (Å²) < 4.78 is 59.0. The topological polar surface area (TPSA) is 170 Å². The number of amides is 1. The van der Waals surface area contributed by atoms with Gasteiger partial charge in [-0.05, 0) is 43.2 Å². The van der Waals surface area contributed by atoms with Crippen LogP contribution >= 0.6 is 0 Å². The van der Waals surface area contributed by atoms with Crippen LogP contribution in [0.15, 0.2) is 26.9 Å². The van der Waals surface area contributed by atoms with Crippen molar-refractivity contribution < 1.29 is 40.5 Å². The van der Waals surface area contributed by atoms with E-state index in [4.69, 9.17) is 17.8 Å². The Kier molecular flexibility index (Phi) is 9.87. The summed E-state index contributed by atoms with van der Waals surface area (Å²) in [4.78, 5) is 51.3. The third kappa shape index (κ3) is 6.84. The monoisotopic (exact) mass is 689 g/mol. The molecule has 0 bridgehead atoms. The largest absolute Gasteiger partial charge is 0.462 e. The molecule has 254 valence electrons. The summed E-state index contributed by atoms with van der Waals surface area (Å²) in [5.41, 5.74) is -3.49. The molecular weight excluding hydrogens is 643 g/mol. The summed E-state index contributed by atoms with van der Waals surface area (Å²) in [6, 6.07) is 0. The molecule has 0 saturated carbocycles. The van der Waals surface area contributed by atoms with E-state index < -0.39 is 79.0 Å². The minimum atomic E-state index is -4.50. The fraction of sp³-hybridized carbons (Fsp3) is 0.714. The number of esters is 1. The highest BCUT2D eigenvalue weighted by molar-refractivity contribution is 7.90. The van der Waals surface area contributed by atoms with Crippen LogP contribution in [0.25, 0.3) is 0 Å². The van der Waals surface area contributed by atoms with Gasteiger partial charge < -0.3 is 23.6 Å². The highest BCUT2D eigenvalue weighted by atomic mass is 32.2. The lowest BCUT2D eigenvalue weighted by Gasteiger charge is -2.44. The van der Waals surface area contributed by atoms with Crippen LogP contribution < -0.4 is 16.6 Å². The number of hydrogen-bond acceptors (Lipinski definition) is 11. The second-order valence-electron chi connectivity index (χ2n) is 14.6. The average Bonchev–Trinajstić information content (AvgIpc) is 3.33. The highest BCUT2D eigenvalue weighted by Gasteiger charge is 2.68. The first kappa shape index (κ1) is 37.0. The van der Waals surface area contributed by atoms with Crippen molar-refractivity contribution in [1.29, 1.82) is 0 Å². The fourth-order valence-electron chi connectivity index (χ4n) is 4.60. The lowest BCUT2D eigenvalue weighted by atomic mass is 9.89. The molecule has 1 amide bonds. The first-order valence-corrected chi connectivity index (χ1v) is 21.8. The Balaban J connectivity index is 2.38. The maximum absolute atomic E-state index is 13.6. The Morgan fingerprint density at radius 3 is 2.11 bits per heavy atom. The molecule has 3 heterocycles. The van der Waals surface area contributed by atoms with Crippen LogP contribution in [0.2, 0.25) is 36.3 Å². The Labute approximate surface area is 266 Å². The molecule has 2 aliphatic heterocycles. The smallest absolute Gasteiger partial charge is 0.396 e. The van der Waals surface area contributed by atoms with Crippen LogP contribution in [0.4, 0.5) is 0 Å². The van der Waals surface area contributed by atoms with E-state index in [0.717, 1.165) is 16.2 Å². The van der Waals surface area contributed by atoms with Gasteiger partial charge in [0.05, 0.1) is 24.8 Å². The molecular formula is C28H47N3O11SSi2. The molecule has 4 atom stereocenters.